The van der Waals surface area contributed by atoms with E-state index in [-0.39, 0.29) is 24.0 Å². The number of carbonyl (C=O) groups excluding carboxylic acids is 1. The summed E-state index contributed by atoms with van der Waals surface area (Å²) in [4.78, 5) is 16.2. The summed E-state index contributed by atoms with van der Waals surface area (Å²) in [5, 5.41) is 9.46. The number of guanidine groups is 1. The van der Waals surface area contributed by atoms with Crippen molar-refractivity contribution in [2.24, 2.45) is 4.99 Å². The van der Waals surface area contributed by atoms with Gasteiger partial charge in [0.2, 0.25) is 0 Å². The zero-order valence-corrected chi connectivity index (χ0v) is 19.9. The Morgan fingerprint density at radius 1 is 1.11 bits per heavy atom. The molecule has 1 aromatic rings. The van der Waals surface area contributed by atoms with Crippen LogP contribution >= 0.6 is 24.0 Å². The van der Waals surface area contributed by atoms with Gasteiger partial charge >= 0.3 is 6.09 Å². The predicted octanol–water partition coefficient (Wildman–Crippen LogP) is 3.88. The minimum atomic E-state index is -0.515. The lowest BCUT2D eigenvalue weighted by Gasteiger charge is -2.29. The van der Waals surface area contributed by atoms with Gasteiger partial charge in [0, 0.05) is 20.1 Å². The first-order valence-corrected chi connectivity index (χ1v) is 9.03. The van der Waals surface area contributed by atoms with Crippen molar-refractivity contribution in [2.75, 3.05) is 20.1 Å². The smallest absolute Gasteiger partial charge is 0.408 e. The first kappa shape index (κ1) is 25.5. The number of hydrogen-bond acceptors (Lipinski definition) is 3. The van der Waals surface area contributed by atoms with Crippen LogP contribution in [0.5, 0.6) is 0 Å². The molecule has 7 heteroatoms. The summed E-state index contributed by atoms with van der Waals surface area (Å²) in [6.45, 7) is 12.9. The maximum atomic E-state index is 12.0. The van der Waals surface area contributed by atoms with Crippen LogP contribution in [-0.2, 0) is 4.74 Å². The number of amides is 1. The average molecular weight is 490 g/mol. The number of carbonyl (C=O) groups is 1. The van der Waals surface area contributed by atoms with Gasteiger partial charge in [-0.05, 0) is 46.1 Å². The number of rotatable bonds is 6. The van der Waals surface area contributed by atoms with E-state index in [0.29, 0.717) is 18.4 Å². The SMILES string of the molecule is CN=C(NCC(C)c1ccccc1)NCC(C)(C)NC(=O)OC(C)(C)C.I. The van der Waals surface area contributed by atoms with E-state index < -0.39 is 17.2 Å². The maximum absolute atomic E-state index is 12.0. The number of hydrogen-bond donors (Lipinski definition) is 3. The second-order valence-corrected chi connectivity index (χ2v) is 8.13. The van der Waals surface area contributed by atoms with Gasteiger partial charge in [-0.15, -0.1) is 24.0 Å². The molecule has 0 saturated heterocycles. The molecule has 0 fully saturated rings. The molecule has 27 heavy (non-hydrogen) atoms. The molecule has 1 atom stereocenters. The summed E-state index contributed by atoms with van der Waals surface area (Å²) in [5.74, 6) is 1.06. The molecule has 3 N–H and O–H groups in total. The van der Waals surface area contributed by atoms with Crippen LogP contribution in [0.1, 0.15) is 53.0 Å². The molecule has 6 nitrogen and oxygen atoms in total. The molecule has 0 bridgehead atoms. The van der Waals surface area contributed by atoms with E-state index in [1.54, 1.807) is 7.05 Å². The van der Waals surface area contributed by atoms with Gasteiger partial charge in [0.25, 0.3) is 0 Å². The Morgan fingerprint density at radius 2 is 1.70 bits per heavy atom. The highest BCUT2D eigenvalue weighted by Gasteiger charge is 2.24. The third kappa shape index (κ3) is 11.0. The van der Waals surface area contributed by atoms with Gasteiger partial charge in [-0.3, -0.25) is 4.99 Å². The Bertz CT molecular complexity index is 598. The van der Waals surface area contributed by atoms with E-state index >= 15 is 0 Å². The molecular weight excluding hydrogens is 455 g/mol. The van der Waals surface area contributed by atoms with Crippen molar-refractivity contribution < 1.29 is 9.53 Å². The molecule has 0 aliphatic rings. The fraction of sp³-hybridized carbons (Fsp3) is 0.600. The normalized spacial score (nSPS) is 13.2. The maximum Gasteiger partial charge on any atom is 0.408 e. The van der Waals surface area contributed by atoms with E-state index in [1.807, 2.05) is 52.8 Å². The fourth-order valence-corrected chi connectivity index (χ4v) is 2.30. The van der Waals surface area contributed by atoms with Crippen LogP contribution in [0.15, 0.2) is 35.3 Å². The minimum Gasteiger partial charge on any atom is -0.444 e. The highest BCUT2D eigenvalue weighted by Crippen LogP contribution is 2.13. The Kier molecular flexibility index (Phi) is 10.7. The monoisotopic (exact) mass is 490 g/mol. The van der Waals surface area contributed by atoms with Crippen molar-refractivity contribution >= 4 is 36.0 Å². The van der Waals surface area contributed by atoms with Crippen LogP contribution in [0.25, 0.3) is 0 Å². The van der Waals surface area contributed by atoms with Gasteiger partial charge in [-0.1, -0.05) is 37.3 Å². The van der Waals surface area contributed by atoms with E-state index in [9.17, 15) is 4.79 Å². The van der Waals surface area contributed by atoms with Gasteiger partial charge in [0.05, 0.1) is 5.54 Å². The first-order valence-electron chi connectivity index (χ1n) is 9.03. The first-order chi connectivity index (χ1) is 12.0. The van der Waals surface area contributed by atoms with E-state index in [4.69, 9.17) is 4.74 Å². The van der Waals surface area contributed by atoms with Crippen LogP contribution < -0.4 is 16.0 Å². The minimum absolute atomic E-state index is 0. The Morgan fingerprint density at radius 3 is 2.22 bits per heavy atom. The summed E-state index contributed by atoms with van der Waals surface area (Å²) >= 11 is 0. The quantitative estimate of drug-likeness (QED) is 0.322. The lowest BCUT2D eigenvalue weighted by molar-refractivity contribution is 0.0474. The van der Waals surface area contributed by atoms with Gasteiger partial charge < -0.3 is 20.7 Å². The van der Waals surface area contributed by atoms with Crippen molar-refractivity contribution in [3.05, 3.63) is 35.9 Å². The average Bonchev–Trinajstić information content (AvgIpc) is 2.53. The van der Waals surface area contributed by atoms with E-state index in [0.717, 1.165) is 6.54 Å². The van der Waals surface area contributed by atoms with Gasteiger partial charge in [-0.2, -0.15) is 0 Å². The Labute approximate surface area is 181 Å². The van der Waals surface area contributed by atoms with E-state index in [2.05, 4.69) is 40.0 Å². The number of aliphatic imine (C=N–C) groups is 1. The fourth-order valence-electron chi connectivity index (χ4n) is 2.30. The molecule has 0 aliphatic heterocycles. The number of ether oxygens (including phenoxy) is 1. The molecule has 0 aromatic heterocycles. The molecule has 1 amide bonds. The van der Waals surface area contributed by atoms with Crippen molar-refractivity contribution in [3.8, 4) is 0 Å². The van der Waals surface area contributed by atoms with Crippen molar-refractivity contribution in [1.82, 2.24) is 16.0 Å². The molecule has 0 saturated carbocycles. The van der Waals surface area contributed by atoms with Crippen molar-refractivity contribution in [2.45, 2.75) is 58.6 Å². The largest absolute Gasteiger partial charge is 0.444 e. The van der Waals surface area contributed by atoms with E-state index in [1.165, 1.54) is 5.56 Å². The number of nitrogens with one attached hydrogen (secondary N) is 3. The van der Waals surface area contributed by atoms with Gasteiger partial charge in [-0.25, -0.2) is 4.79 Å². The predicted molar refractivity (Wildman–Crippen MR) is 123 cm³/mol. The second-order valence-electron chi connectivity index (χ2n) is 8.13. The third-order valence-electron chi connectivity index (χ3n) is 3.71. The topological polar surface area (TPSA) is 74.8 Å². The van der Waals surface area contributed by atoms with Gasteiger partial charge in [0.1, 0.15) is 5.60 Å². The number of nitrogens with zero attached hydrogens (tertiary/aromatic N) is 1. The molecule has 1 rings (SSSR count). The number of halogens is 1. The molecule has 1 unspecified atom stereocenters. The molecule has 0 radical (unpaired) electrons. The summed E-state index contributed by atoms with van der Waals surface area (Å²) in [6, 6.07) is 10.4. The Hall–Kier alpha value is -1.51. The van der Waals surface area contributed by atoms with Crippen molar-refractivity contribution in [1.29, 1.82) is 0 Å². The highest BCUT2D eigenvalue weighted by atomic mass is 127. The van der Waals surface area contributed by atoms with Crippen LogP contribution in [0.3, 0.4) is 0 Å². The summed E-state index contributed by atoms with van der Waals surface area (Å²) in [5.41, 5.74) is 0.284. The standard InChI is InChI=1S/C20H34N4O2.HI/c1-15(16-11-9-8-10-12-16)13-22-17(21-7)23-14-20(5,6)24-18(25)26-19(2,3)4;/h8-12,15H,13-14H2,1-7H3,(H,24,25)(H2,21,22,23);1H. The molecule has 1 aromatic carbocycles. The van der Waals surface area contributed by atoms with Crippen molar-refractivity contribution in [3.63, 3.8) is 0 Å². The molecule has 0 heterocycles. The number of alkyl carbamates (subject to hydrolysis) is 1. The molecule has 0 spiro atoms. The Balaban J connectivity index is 0.00000676. The summed E-state index contributed by atoms with van der Waals surface area (Å²) < 4.78 is 5.31. The second kappa shape index (κ2) is 11.4. The zero-order valence-electron chi connectivity index (χ0n) is 17.6. The highest BCUT2D eigenvalue weighted by molar-refractivity contribution is 14.0. The molecule has 0 aliphatic carbocycles. The number of benzene rings is 1. The third-order valence-corrected chi connectivity index (χ3v) is 3.71. The lowest BCUT2D eigenvalue weighted by atomic mass is 10.0. The molecular formula is C20H35IN4O2. The lowest BCUT2D eigenvalue weighted by Crippen LogP contribution is -2.54. The van der Waals surface area contributed by atoms with Crippen LogP contribution in [0.4, 0.5) is 4.79 Å². The molecule has 154 valence electrons. The zero-order chi connectivity index (χ0) is 19.8. The summed E-state index contributed by atoms with van der Waals surface area (Å²) in [7, 11) is 1.73. The van der Waals surface area contributed by atoms with Gasteiger partial charge in [0.15, 0.2) is 5.96 Å². The summed E-state index contributed by atoms with van der Waals surface area (Å²) in [6.07, 6.45) is -0.426. The van der Waals surface area contributed by atoms with Crippen LogP contribution in [0, 0.1) is 0 Å². The van der Waals surface area contributed by atoms with Crippen LogP contribution in [0.2, 0.25) is 0 Å². The van der Waals surface area contributed by atoms with Crippen LogP contribution in [-0.4, -0.2) is 43.3 Å².